The summed E-state index contributed by atoms with van der Waals surface area (Å²) in [4.78, 5) is 45.5. The van der Waals surface area contributed by atoms with Gasteiger partial charge in [-0.3, -0.25) is 0 Å². The zero-order chi connectivity index (χ0) is 23.2. The number of hydrogen-bond donors (Lipinski definition) is 1. The predicted molar refractivity (Wildman–Crippen MR) is 92.9 cm³/mol. The maximum Gasteiger partial charge on any atom is 0.415 e. The third-order valence-electron chi connectivity index (χ3n) is 4.40. The van der Waals surface area contributed by atoms with E-state index in [-0.39, 0.29) is 17.4 Å². The Labute approximate surface area is 173 Å². The highest BCUT2D eigenvalue weighted by Gasteiger charge is 2.68. The van der Waals surface area contributed by atoms with Crippen molar-refractivity contribution in [3.63, 3.8) is 0 Å². The number of benzene rings is 1. The van der Waals surface area contributed by atoms with Gasteiger partial charge in [0.2, 0.25) is 0 Å². The van der Waals surface area contributed by atoms with Crippen LogP contribution in [-0.2, 0) is 23.9 Å². The van der Waals surface area contributed by atoms with Crippen molar-refractivity contribution < 1.29 is 56.1 Å². The minimum Gasteiger partial charge on any atom is -0.477 e. The molecule has 0 aliphatic heterocycles. The highest BCUT2D eigenvalue weighted by Crippen LogP contribution is 2.35. The van der Waals surface area contributed by atoms with Crippen LogP contribution >= 0.6 is 0 Å². The molecule has 2 rings (SSSR count). The van der Waals surface area contributed by atoms with Crippen LogP contribution in [0.2, 0.25) is 0 Å². The summed E-state index contributed by atoms with van der Waals surface area (Å²) in [5.74, 6) is -20.2. The predicted octanol–water partition coefficient (Wildman–Crippen LogP) is 2.98. The molecular formula is C19H18F4O8. The second kappa shape index (κ2) is 9.75. The smallest absolute Gasteiger partial charge is 0.415 e. The summed E-state index contributed by atoms with van der Waals surface area (Å²) in [5, 5.41) is 8.12. The molecule has 0 saturated heterocycles. The van der Waals surface area contributed by atoms with Crippen molar-refractivity contribution in [2.75, 3.05) is 6.61 Å². The summed E-state index contributed by atoms with van der Waals surface area (Å²) in [6, 6.07) is 5.29. The number of carbonyl (C=O) groups excluding carboxylic acids is 3. The van der Waals surface area contributed by atoms with Gasteiger partial charge in [-0.25, -0.2) is 19.2 Å². The fourth-order valence-corrected chi connectivity index (χ4v) is 2.75. The van der Waals surface area contributed by atoms with Gasteiger partial charge in [-0.2, -0.15) is 17.6 Å². The van der Waals surface area contributed by atoms with E-state index >= 15 is 0 Å². The van der Waals surface area contributed by atoms with Crippen LogP contribution in [-0.4, -0.2) is 53.5 Å². The zero-order valence-corrected chi connectivity index (χ0v) is 15.9. The van der Waals surface area contributed by atoms with E-state index in [0.29, 0.717) is 12.8 Å². The molecule has 31 heavy (non-hydrogen) atoms. The molecule has 0 bridgehead atoms. The number of halogens is 4. The van der Waals surface area contributed by atoms with Gasteiger partial charge in [-0.15, -0.1) is 0 Å². The van der Waals surface area contributed by atoms with Gasteiger partial charge in [0.1, 0.15) is 17.4 Å². The molecule has 1 aliphatic carbocycles. The minimum atomic E-state index is -5.75. The molecule has 1 aliphatic rings. The number of carboxylic acid groups (broad SMARTS) is 1. The Balaban J connectivity index is 1.99. The number of carboxylic acids is 1. The van der Waals surface area contributed by atoms with E-state index in [0.717, 1.165) is 19.3 Å². The Morgan fingerprint density at radius 2 is 1.58 bits per heavy atom. The van der Waals surface area contributed by atoms with E-state index in [2.05, 4.69) is 4.74 Å². The topological polar surface area (TPSA) is 116 Å². The second-order valence-corrected chi connectivity index (χ2v) is 6.67. The number of hydrogen-bond acceptors (Lipinski definition) is 7. The van der Waals surface area contributed by atoms with E-state index in [1.54, 1.807) is 0 Å². The Kier molecular flexibility index (Phi) is 7.58. The van der Waals surface area contributed by atoms with Crippen LogP contribution in [0.25, 0.3) is 0 Å². The van der Waals surface area contributed by atoms with Crippen molar-refractivity contribution in [3.05, 3.63) is 29.8 Å². The number of ether oxygens (including phenoxy) is 3. The summed E-state index contributed by atoms with van der Waals surface area (Å²) in [7, 11) is 0. The summed E-state index contributed by atoms with van der Waals surface area (Å²) < 4.78 is 66.4. The molecular weight excluding hydrogens is 432 g/mol. The number of alkyl halides is 4. The van der Waals surface area contributed by atoms with Crippen molar-refractivity contribution in [2.24, 2.45) is 0 Å². The molecule has 0 unspecified atom stereocenters. The Morgan fingerprint density at radius 1 is 0.968 bits per heavy atom. The SMILES string of the molecule is O=C(COC(=O)C(F)(F)C(F)(F)C(=O)O)Oc1ccccc1C(=O)OC1CCCCC1. The molecule has 1 saturated carbocycles. The lowest BCUT2D eigenvalue weighted by molar-refractivity contribution is -0.234. The molecule has 170 valence electrons. The molecule has 1 aromatic carbocycles. The summed E-state index contributed by atoms with van der Waals surface area (Å²) in [6.45, 7) is -1.53. The van der Waals surface area contributed by atoms with E-state index in [1.165, 1.54) is 24.3 Å². The molecule has 1 fully saturated rings. The fourth-order valence-electron chi connectivity index (χ4n) is 2.75. The van der Waals surface area contributed by atoms with Crippen LogP contribution < -0.4 is 4.74 Å². The maximum absolute atomic E-state index is 13.3. The van der Waals surface area contributed by atoms with Gasteiger partial charge in [0, 0.05) is 0 Å². The number of rotatable bonds is 8. The average Bonchev–Trinajstić information content (AvgIpc) is 2.72. The lowest BCUT2D eigenvalue weighted by Crippen LogP contribution is -2.53. The van der Waals surface area contributed by atoms with Crippen LogP contribution in [0.1, 0.15) is 42.5 Å². The average molecular weight is 450 g/mol. The van der Waals surface area contributed by atoms with Crippen LogP contribution in [0.5, 0.6) is 5.75 Å². The number of carbonyl (C=O) groups is 4. The lowest BCUT2D eigenvalue weighted by Gasteiger charge is -2.22. The van der Waals surface area contributed by atoms with Crippen molar-refractivity contribution in [1.29, 1.82) is 0 Å². The van der Waals surface area contributed by atoms with E-state index < -0.39 is 42.3 Å². The monoisotopic (exact) mass is 450 g/mol. The van der Waals surface area contributed by atoms with Crippen LogP contribution in [0.4, 0.5) is 17.6 Å². The quantitative estimate of drug-likeness (QED) is 0.365. The zero-order valence-electron chi connectivity index (χ0n) is 15.9. The van der Waals surface area contributed by atoms with Gasteiger partial charge in [-0.05, 0) is 37.8 Å². The lowest BCUT2D eigenvalue weighted by atomic mass is 9.98. The van der Waals surface area contributed by atoms with E-state index in [4.69, 9.17) is 14.6 Å². The Morgan fingerprint density at radius 3 is 2.19 bits per heavy atom. The molecule has 0 spiro atoms. The first-order chi connectivity index (χ1) is 14.5. The first kappa shape index (κ1) is 24.1. The second-order valence-electron chi connectivity index (χ2n) is 6.67. The van der Waals surface area contributed by atoms with E-state index in [9.17, 15) is 36.7 Å². The molecule has 0 radical (unpaired) electrons. The van der Waals surface area contributed by atoms with Crippen molar-refractivity contribution in [1.82, 2.24) is 0 Å². The van der Waals surface area contributed by atoms with E-state index in [1.807, 2.05) is 0 Å². The molecule has 0 heterocycles. The van der Waals surface area contributed by atoms with Crippen LogP contribution in [0.15, 0.2) is 24.3 Å². The Hall–Kier alpha value is -3.18. The van der Waals surface area contributed by atoms with Crippen molar-refractivity contribution in [2.45, 2.75) is 50.1 Å². The van der Waals surface area contributed by atoms with Gasteiger partial charge in [0.05, 0.1) is 0 Å². The highest BCUT2D eigenvalue weighted by atomic mass is 19.3. The van der Waals surface area contributed by atoms with Crippen molar-refractivity contribution >= 4 is 23.9 Å². The molecule has 0 aromatic heterocycles. The first-order valence-corrected chi connectivity index (χ1v) is 9.13. The van der Waals surface area contributed by atoms with Gasteiger partial charge in [-0.1, -0.05) is 18.6 Å². The van der Waals surface area contributed by atoms with Crippen LogP contribution in [0, 0.1) is 0 Å². The molecule has 1 N–H and O–H groups in total. The van der Waals surface area contributed by atoms with Gasteiger partial charge in [0.15, 0.2) is 6.61 Å². The van der Waals surface area contributed by atoms with Gasteiger partial charge >= 0.3 is 35.7 Å². The number of para-hydroxylation sites is 1. The largest absolute Gasteiger partial charge is 0.477 e. The molecule has 12 heteroatoms. The van der Waals surface area contributed by atoms with Crippen molar-refractivity contribution in [3.8, 4) is 5.75 Å². The van der Waals surface area contributed by atoms with Crippen LogP contribution in [0.3, 0.4) is 0 Å². The molecule has 8 nitrogen and oxygen atoms in total. The fraction of sp³-hybridized carbons (Fsp3) is 0.474. The third-order valence-corrected chi connectivity index (χ3v) is 4.40. The first-order valence-electron chi connectivity index (χ1n) is 9.13. The number of esters is 3. The summed E-state index contributed by atoms with van der Waals surface area (Å²) >= 11 is 0. The number of aliphatic carboxylic acids is 1. The normalized spacial score (nSPS) is 15.1. The van der Waals surface area contributed by atoms with Gasteiger partial charge < -0.3 is 19.3 Å². The minimum absolute atomic E-state index is 0.157. The molecule has 1 aromatic rings. The summed E-state index contributed by atoms with van der Waals surface area (Å²) in [6.07, 6.45) is 3.87. The molecule has 0 atom stereocenters. The van der Waals surface area contributed by atoms with Gasteiger partial charge in [0.25, 0.3) is 0 Å². The summed E-state index contributed by atoms with van der Waals surface area (Å²) in [5.41, 5.74) is -0.157. The molecule has 0 amide bonds. The Bertz CT molecular complexity index is 849. The maximum atomic E-state index is 13.3. The highest BCUT2D eigenvalue weighted by molar-refractivity contribution is 5.94. The standard InChI is InChI=1S/C19H18F4O8/c20-18(21,16(26)27)19(22,23)17(28)29-10-14(24)31-13-9-5-4-8-12(13)15(25)30-11-6-2-1-3-7-11/h4-5,8-9,11H,1-3,6-7,10H2,(H,26,27). The third kappa shape index (κ3) is 5.70.